The Labute approximate surface area is 209 Å². The monoisotopic (exact) mass is 482 g/mol. The number of nitrogens with one attached hydrogen (secondary N) is 2. The Morgan fingerprint density at radius 3 is 2.09 bits per heavy atom. The minimum absolute atomic E-state index is 0.0782. The number of rotatable bonds is 19. The zero-order valence-corrected chi connectivity index (χ0v) is 23.8. The fourth-order valence-electron chi connectivity index (χ4n) is 3.39. The second-order valence-corrected chi connectivity index (χ2v) is 12.1. The molecule has 0 aromatic heterocycles. The van der Waals surface area contributed by atoms with Gasteiger partial charge in [0.25, 0.3) is 0 Å². The molecule has 0 heterocycles. The molecule has 1 amide bonds. The molecule has 1 atom stereocenters. The molecule has 0 aliphatic carbocycles. The molecular formula is C27H54N4O3. The van der Waals surface area contributed by atoms with E-state index in [0.717, 1.165) is 32.3 Å². The van der Waals surface area contributed by atoms with Crippen LogP contribution in [0.2, 0.25) is 0 Å². The Hall–Kier alpha value is -1.34. The fraction of sp³-hybridized carbons (Fsp3) is 0.926. The van der Waals surface area contributed by atoms with Gasteiger partial charge in [-0.3, -0.25) is 9.79 Å². The maximum Gasteiger partial charge on any atom is 0.220 e. The molecule has 0 aliphatic rings. The Balaban J connectivity index is 4.48. The van der Waals surface area contributed by atoms with Gasteiger partial charge in [-0.1, -0.05) is 34.1 Å². The summed E-state index contributed by atoms with van der Waals surface area (Å²) in [5.41, 5.74) is 6.89. The van der Waals surface area contributed by atoms with E-state index in [9.17, 15) is 4.79 Å². The molecule has 0 fully saturated rings. The Kier molecular flexibility index (Phi) is 14.3. The van der Waals surface area contributed by atoms with Crippen LogP contribution < -0.4 is 5.32 Å². The summed E-state index contributed by atoms with van der Waals surface area (Å²) >= 11 is 0. The number of carbonyl (C=O) groups is 1. The highest BCUT2D eigenvalue weighted by atomic mass is 16.5. The van der Waals surface area contributed by atoms with Crippen molar-refractivity contribution in [3.8, 4) is 0 Å². The molecular weight excluding hydrogens is 428 g/mol. The summed E-state index contributed by atoms with van der Waals surface area (Å²) in [5.74, 6) is 0.0782. The van der Waals surface area contributed by atoms with Gasteiger partial charge in [0.1, 0.15) is 6.04 Å². The maximum atomic E-state index is 11.9. The van der Waals surface area contributed by atoms with E-state index in [1.807, 2.05) is 34.6 Å². The highest BCUT2D eigenvalue weighted by Crippen LogP contribution is 2.26. The highest BCUT2D eigenvalue weighted by molar-refractivity contribution is 5.76. The van der Waals surface area contributed by atoms with Gasteiger partial charge >= 0.3 is 0 Å². The van der Waals surface area contributed by atoms with Crippen LogP contribution in [-0.2, 0) is 14.3 Å². The van der Waals surface area contributed by atoms with Gasteiger partial charge in [0.05, 0.1) is 11.2 Å². The molecule has 0 saturated heterocycles. The summed E-state index contributed by atoms with van der Waals surface area (Å²) < 4.78 is 12.2. The molecule has 0 aromatic carbocycles. The summed E-state index contributed by atoms with van der Waals surface area (Å²) in [5, 5.41) is 6.81. The number of hydrogen-bond acceptors (Lipinski definition) is 6. The quantitative estimate of drug-likeness (QED) is 0.158. The molecule has 7 heteroatoms. The molecule has 1 unspecified atom stereocenters. The topological polar surface area (TPSA) is 96.1 Å². The Bertz CT molecular complexity index is 627. The van der Waals surface area contributed by atoms with E-state index in [4.69, 9.17) is 15.0 Å². The second kappa shape index (κ2) is 14.9. The molecule has 7 nitrogen and oxygen atoms in total. The summed E-state index contributed by atoms with van der Waals surface area (Å²) in [6.07, 6.45) is 7.46. The van der Waals surface area contributed by atoms with Crippen molar-refractivity contribution in [1.82, 2.24) is 5.32 Å². The van der Waals surface area contributed by atoms with Crippen LogP contribution in [0, 0.1) is 10.9 Å². The lowest BCUT2D eigenvalue weighted by Crippen LogP contribution is -2.44. The maximum absolute atomic E-state index is 11.9. The zero-order chi connectivity index (χ0) is 26.5. The van der Waals surface area contributed by atoms with Gasteiger partial charge in [-0.25, -0.2) is 5.53 Å². The van der Waals surface area contributed by atoms with Gasteiger partial charge in [0, 0.05) is 44.4 Å². The third-order valence-electron chi connectivity index (χ3n) is 6.39. The number of hydrogen-bond donors (Lipinski definition) is 2. The average molecular weight is 483 g/mol. The van der Waals surface area contributed by atoms with Gasteiger partial charge in [0.15, 0.2) is 0 Å². The summed E-state index contributed by atoms with van der Waals surface area (Å²) in [6, 6.07) is -0.318. The predicted octanol–water partition coefficient (Wildman–Crippen LogP) is 6.74. The van der Waals surface area contributed by atoms with Crippen LogP contribution in [0.25, 0.3) is 0 Å². The first kappa shape index (κ1) is 32.7. The average Bonchev–Trinajstić information content (AvgIpc) is 2.69. The van der Waals surface area contributed by atoms with Crippen molar-refractivity contribution in [3.63, 3.8) is 0 Å². The predicted molar refractivity (Wildman–Crippen MR) is 142 cm³/mol. The third kappa shape index (κ3) is 16.3. The summed E-state index contributed by atoms with van der Waals surface area (Å²) in [7, 11) is 0. The number of amides is 1. The van der Waals surface area contributed by atoms with Crippen molar-refractivity contribution in [3.05, 3.63) is 0 Å². The van der Waals surface area contributed by atoms with Gasteiger partial charge in [-0.05, 0) is 72.6 Å². The van der Waals surface area contributed by atoms with E-state index in [0.29, 0.717) is 37.8 Å². The number of ether oxygens (including phenoxy) is 2. The minimum atomic E-state index is -0.445. The van der Waals surface area contributed by atoms with Crippen molar-refractivity contribution in [1.29, 1.82) is 5.53 Å². The van der Waals surface area contributed by atoms with Gasteiger partial charge in [-0.2, -0.15) is 5.11 Å². The van der Waals surface area contributed by atoms with Crippen molar-refractivity contribution in [2.75, 3.05) is 19.8 Å². The molecule has 0 aliphatic heterocycles. The van der Waals surface area contributed by atoms with E-state index in [2.05, 4.69) is 50.0 Å². The third-order valence-corrected chi connectivity index (χ3v) is 6.39. The van der Waals surface area contributed by atoms with E-state index in [1.165, 1.54) is 0 Å². The number of nitrogens with zero attached hydrogens (tertiary/aromatic N) is 2. The Morgan fingerprint density at radius 2 is 1.53 bits per heavy atom. The molecule has 34 heavy (non-hydrogen) atoms. The molecule has 0 rings (SSSR count). The summed E-state index contributed by atoms with van der Waals surface area (Å²) in [4.78, 5) is 16.4. The normalized spacial score (nSPS) is 14.4. The number of aliphatic imine (C=N–C) groups is 1. The molecule has 0 radical (unpaired) electrons. The molecule has 0 aromatic rings. The largest absolute Gasteiger partial charge is 0.375 e. The van der Waals surface area contributed by atoms with Crippen LogP contribution >= 0.6 is 0 Å². The fourth-order valence-corrected chi connectivity index (χ4v) is 3.39. The molecule has 0 spiro atoms. The van der Waals surface area contributed by atoms with Crippen LogP contribution in [0.4, 0.5) is 0 Å². The van der Waals surface area contributed by atoms with Crippen molar-refractivity contribution in [2.45, 2.75) is 137 Å². The first-order chi connectivity index (χ1) is 15.6. The molecule has 0 saturated carbocycles. The van der Waals surface area contributed by atoms with E-state index in [-0.39, 0.29) is 23.1 Å². The standard InChI is InChI=1S/C27H54N4O3/c1-11-13-23(32)30-25(5,6)16-19-34-27(9,10)20-22(31-28)21-29-17-14-26(7,8)33-18-15-24(3,4)12-2/h21-22,28H,11-20H2,1-10H3,(H,30,32). The second-order valence-electron chi connectivity index (χ2n) is 12.1. The van der Waals surface area contributed by atoms with Crippen molar-refractivity contribution >= 4 is 12.1 Å². The first-order valence-electron chi connectivity index (χ1n) is 13.0. The van der Waals surface area contributed by atoms with Crippen molar-refractivity contribution < 1.29 is 14.3 Å². The van der Waals surface area contributed by atoms with Crippen LogP contribution in [0.5, 0.6) is 0 Å². The SMILES string of the molecule is CCCC(=O)NC(C)(C)CCOC(C)(C)CC(C=NCCC(C)(C)OCCC(C)(C)CC)N=N. The summed E-state index contributed by atoms with van der Waals surface area (Å²) in [6.45, 7) is 23.0. The molecule has 200 valence electrons. The smallest absolute Gasteiger partial charge is 0.220 e. The van der Waals surface area contributed by atoms with E-state index in [1.54, 1.807) is 6.21 Å². The molecule has 0 bridgehead atoms. The molecule has 2 N–H and O–H groups in total. The first-order valence-corrected chi connectivity index (χ1v) is 13.0. The lowest BCUT2D eigenvalue weighted by Gasteiger charge is -2.31. The van der Waals surface area contributed by atoms with Gasteiger partial charge in [-0.15, -0.1) is 0 Å². The van der Waals surface area contributed by atoms with Crippen LogP contribution in [0.15, 0.2) is 10.1 Å². The highest BCUT2D eigenvalue weighted by Gasteiger charge is 2.26. The minimum Gasteiger partial charge on any atom is -0.375 e. The van der Waals surface area contributed by atoms with Crippen LogP contribution in [-0.4, -0.2) is 54.7 Å². The Morgan fingerprint density at radius 1 is 0.941 bits per heavy atom. The van der Waals surface area contributed by atoms with Crippen LogP contribution in [0.3, 0.4) is 0 Å². The van der Waals surface area contributed by atoms with Crippen molar-refractivity contribution in [2.24, 2.45) is 15.5 Å². The zero-order valence-electron chi connectivity index (χ0n) is 23.8. The van der Waals surface area contributed by atoms with Gasteiger partial charge < -0.3 is 14.8 Å². The van der Waals surface area contributed by atoms with E-state index >= 15 is 0 Å². The van der Waals surface area contributed by atoms with Gasteiger partial charge in [0.2, 0.25) is 5.91 Å². The van der Waals surface area contributed by atoms with Crippen LogP contribution in [0.1, 0.15) is 114 Å². The number of carbonyl (C=O) groups excluding carboxylic acids is 1. The van der Waals surface area contributed by atoms with E-state index < -0.39 is 5.60 Å². The lowest BCUT2D eigenvalue weighted by atomic mass is 9.87. The lowest BCUT2D eigenvalue weighted by molar-refractivity contribution is -0.123.